The molecule has 1 aliphatic rings. The summed E-state index contributed by atoms with van der Waals surface area (Å²) in [5.74, 6) is 1.61. The first-order valence-corrected chi connectivity index (χ1v) is 8.01. The summed E-state index contributed by atoms with van der Waals surface area (Å²) >= 11 is 0. The summed E-state index contributed by atoms with van der Waals surface area (Å²) in [4.78, 5) is 12.8. The van der Waals surface area contributed by atoms with Crippen LogP contribution >= 0.6 is 0 Å². The van der Waals surface area contributed by atoms with E-state index in [1.54, 1.807) is 29.3 Å². The molecule has 1 aliphatic carbocycles. The molecule has 1 unspecified atom stereocenters. The SMILES string of the molecule is O[C@@H]1CC(Cn2ccnc2)C[C@H]1Nc1nccc(-n2cccn2)n1. The van der Waals surface area contributed by atoms with Crippen LogP contribution in [0.2, 0.25) is 0 Å². The molecule has 8 heteroatoms. The van der Waals surface area contributed by atoms with Gasteiger partial charge < -0.3 is 15.0 Å². The normalized spacial score (nSPS) is 23.5. The molecule has 0 spiro atoms. The summed E-state index contributed by atoms with van der Waals surface area (Å²) in [5.41, 5.74) is 0. The van der Waals surface area contributed by atoms with Gasteiger partial charge in [-0.2, -0.15) is 10.1 Å². The smallest absolute Gasteiger partial charge is 0.224 e. The lowest BCUT2D eigenvalue weighted by atomic mass is 10.1. The van der Waals surface area contributed by atoms with E-state index in [9.17, 15) is 5.11 Å². The molecule has 0 saturated heterocycles. The van der Waals surface area contributed by atoms with Crippen LogP contribution in [0.1, 0.15) is 12.8 Å². The molecule has 3 aromatic heterocycles. The largest absolute Gasteiger partial charge is 0.391 e. The summed E-state index contributed by atoms with van der Waals surface area (Å²) in [6.07, 6.45) is 12.0. The van der Waals surface area contributed by atoms with E-state index in [1.807, 2.05) is 24.8 Å². The highest BCUT2D eigenvalue weighted by molar-refractivity contribution is 5.33. The van der Waals surface area contributed by atoms with E-state index in [0.717, 1.165) is 19.4 Å². The highest BCUT2D eigenvalue weighted by atomic mass is 16.3. The molecular weight excluding hydrogens is 306 g/mol. The van der Waals surface area contributed by atoms with Gasteiger partial charge in [-0.25, -0.2) is 14.6 Å². The van der Waals surface area contributed by atoms with Crippen molar-refractivity contribution in [3.8, 4) is 5.82 Å². The van der Waals surface area contributed by atoms with Crippen molar-refractivity contribution >= 4 is 5.95 Å². The van der Waals surface area contributed by atoms with Crippen molar-refractivity contribution in [2.75, 3.05) is 5.32 Å². The standard InChI is InChI=1S/C16H19N7O/c24-14-9-12(10-22-7-5-17-11-22)8-13(14)20-16-18-4-2-15(21-16)23-6-1-3-19-23/h1-7,11-14,24H,8-10H2,(H,18,20,21)/t12?,13-,14-/m1/s1. The molecule has 3 atom stereocenters. The Balaban J connectivity index is 1.42. The Labute approximate surface area is 139 Å². The van der Waals surface area contributed by atoms with Gasteiger partial charge in [-0.3, -0.25) is 0 Å². The van der Waals surface area contributed by atoms with Crippen molar-refractivity contribution in [2.45, 2.75) is 31.5 Å². The molecule has 24 heavy (non-hydrogen) atoms. The van der Waals surface area contributed by atoms with Crippen LogP contribution in [0.15, 0.2) is 49.4 Å². The number of aliphatic hydroxyl groups excluding tert-OH is 1. The third kappa shape index (κ3) is 3.13. The van der Waals surface area contributed by atoms with Gasteiger partial charge in [0, 0.05) is 43.6 Å². The molecule has 0 aromatic carbocycles. The zero-order chi connectivity index (χ0) is 16.4. The van der Waals surface area contributed by atoms with E-state index < -0.39 is 6.10 Å². The highest BCUT2D eigenvalue weighted by Crippen LogP contribution is 2.29. The Hall–Kier alpha value is -2.74. The highest BCUT2D eigenvalue weighted by Gasteiger charge is 2.33. The lowest BCUT2D eigenvalue weighted by molar-refractivity contribution is 0.166. The van der Waals surface area contributed by atoms with Crippen molar-refractivity contribution in [3.63, 3.8) is 0 Å². The van der Waals surface area contributed by atoms with E-state index in [0.29, 0.717) is 17.7 Å². The molecule has 2 N–H and O–H groups in total. The number of hydrogen-bond donors (Lipinski definition) is 2. The summed E-state index contributed by atoms with van der Waals surface area (Å²) in [6, 6.07) is 3.59. The van der Waals surface area contributed by atoms with Gasteiger partial charge in [-0.1, -0.05) is 0 Å². The maximum atomic E-state index is 10.3. The fraction of sp³-hybridized carbons (Fsp3) is 0.375. The zero-order valence-corrected chi connectivity index (χ0v) is 13.1. The third-order valence-corrected chi connectivity index (χ3v) is 4.35. The Morgan fingerprint density at radius 3 is 2.96 bits per heavy atom. The molecule has 3 aromatic rings. The summed E-state index contributed by atoms with van der Waals surface area (Å²) in [5, 5.41) is 17.8. The minimum absolute atomic E-state index is 0.0496. The monoisotopic (exact) mass is 325 g/mol. The van der Waals surface area contributed by atoms with Crippen molar-refractivity contribution in [1.29, 1.82) is 0 Å². The number of imidazole rings is 1. The van der Waals surface area contributed by atoms with Crippen LogP contribution in [0, 0.1) is 5.92 Å². The second-order valence-electron chi connectivity index (χ2n) is 6.10. The third-order valence-electron chi connectivity index (χ3n) is 4.35. The maximum absolute atomic E-state index is 10.3. The average Bonchev–Trinajstić information content (AvgIpc) is 3.32. The molecule has 1 saturated carbocycles. The van der Waals surface area contributed by atoms with E-state index in [-0.39, 0.29) is 6.04 Å². The van der Waals surface area contributed by atoms with Crippen LogP contribution in [0.3, 0.4) is 0 Å². The molecular formula is C16H19N7O. The zero-order valence-electron chi connectivity index (χ0n) is 13.1. The van der Waals surface area contributed by atoms with E-state index in [1.165, 1.54) is 0 Å². The maximum Gasteiger partial charge on any atom is 0.224 e. The van der Waals surface area contributed by atoms with Crippen LogP contribution in [0.5, 0.6) is 0 Å². The van der Waals surface area contributed by atoms with Crippen molar-refractivity contribution in [2.24, 2.45) is 5.92 Å². The van der Waals surface area contributed by atoms with Gasteiger partial charge in [0.25, 0.3) is 0 Å². The van der Waals surface area contributed by atoms with Crippen molar-refractivity contribution < 1.29 is 5.11 Å². The van der Waals surface area contributed by atoms with Gasteiger partial charge in [-0.05, 0) is 24.8 Å². The quantitative estimate of drug-likeness (QED) is 0.730. The molecule has 124 valence electrons. The van der Waals surface area contributed by atoms with E-state index in [2.05, 4.69) is 29.9 Å². The van der Waals surface area contributed by atoms with Crippen molar-refractivity contribution in [3.05, 3.63) is 49.4 Å². The number of aliphatic hydroxyl groups is 1. The van der Waals surface area contributed by atoms with Gasteiger partial charge in [0.2, 0.25) is 5.95 Å². The lowest BCUT2D eigenvalue weighted by Gasteiger charge is -2.16. The van der Waals surface area contributed by atoms with Crippen LogP contribution in [-0.2, 0) is 6.54 Å². The molecule has 4 rings (SSSR count). The fourth-order valence-electron chi connectivity index (χ4n) is 3.23. The van der Waals surface area contributed by atoms with Crippen LogP contribution < -0.4 is 5.32 Å². The number of aromatic nitrogens is 6. The van der Waals surface area contributed by atoms with Gasteiger partial charge >= 0.3 is 0 Å². The first kappa shape index (κ1) is 14.8. The van der Waals surface area contributed by atoms with Crippen LogP contribution in [-0.4, -0.2) is 46.6 Å². The second kappa shape index (κ2) is 6.40. The average molecular weight is 325 g/mol. The number of rotatable bonds is 5. The topological polar surface area (TPSA) is 93.7 Å². The Bertz CT molecular complexity index is 772. The van der Waals surface area contributed by atoms with Crippen LogP contribution in [0.25, 0.3) is 5.82 Å². The number of nitrogens with one attached hydrogen (secondary N) is 1. The first-order chi connectivity index (χ1) is 11.8. The minimum Gasteiger partial charge on any atom is -0.391 e. The van der Waals surface area contributed by atoms with E-state index in [4.69, 9.17) is 0 Å². The fourth-order valence-corrected chi connectivity index (χ4v) is 3.23. The molecule has 0 aliphatic heterocycles. The number of anilines is 1. The molecule has 0 radical (unpaired) electrons. The molecule has 1 fully saturated rings. The predicted octanol–water partition coefficient (Wildman–Crippen LogP) is 1.11. The van der Waals surface area contributed by atoms with Gasteiger partial charge in [0.05, 0.1) is 18.5 Å². The molecule has 0 bridgehead atoms. The van der Waals surface area contributed by atoms with E-state index >= 15 is 0 Å². The summed E-state index contributed by atoms with van der Waals surface area (Å²) < 4.78 is 3.73. The Kier molecular flexibility index (Phi) is 3.96. The van der Waals surface area contributed by atoms with Crippen LogP contribution in [0.4, 0.5) is 5.95 Å². The number of hydrogen-bond acceptors (Lipinski definition) is 6. The summed E-state index contributed by atoms with van der Waals surface area (Å²) in [7, 11) is 0. The molecule has 3 heterocycles. The van der Waals surface area contributed by atoms with Gasteiger partial charge in [0.1, 0.15) is 0 Å². The van der Waals surface area contributed by atoms with Gasteiger partial charge in [0.15, 0.2) is 5.82 Å². The first-order valence-electron chi connectivity index (χ1n) is 8.01. The van der Waals surface area contributed by atoms with Gasteiger partial charge in [-0.15, -0.1) is 0 Å². The summed E-state index contributed by atoms with van der Waals surface area (Å²) in [6.45, 7) is 0.865. The Morgan fingerprint density at radius 2 is 2.17 bits per heavy atom. The second-order valence-corrected chi connectivity index (χ2v) is 6.10. The number of nitrogens with zero attached hydrogens (tertiary/aromatic N) is 6. The Morgan fingerprint density at radius 1 is 1.21 bits per heavy atom. The predicted molar refractivity (Wildman–Crippen MR) is 87.5 cm³/mol. The lowest BCUT2D eigenvalue weighted by Crippen LogP contribution is -2.29. The van der Waals surface area contributed by atoms with Crippen molar-refractivity contribution in [1.82, 2.24) is 29.3 Å². The minimum atomic E-state index is -0.407. The molecule has 8 nitrogen and oxygen atoms in total. The molecule has 0 amide bonds.